The van der Waals surface area contributed by atoms with Crippen LogP contribution in [0.15, 0.2) is 36.7 Å². The minimum atomic E-state index is 0.0570. The van der Waals surface area contributed by atoms with Crippen molar-refractivity contribution in [3.8, 4) is 0 Å². The number of ether oxygens (including phenoxy) is 1. The molecule has 6 nitrogen and oxygen atoms in total. The van der Waals surface area contributed by atoms with E-state index in [0.717, 1.165) is 48.6 Å². The highest BCUT2D eigenvalue weighted by Gasteiger charge is 2.48. The first-order valence-corrected chi connectivity index (χ1v) is 9.31. The predicted molar refractivity (Wildman–Crippen MR) is 96.9 cm³/mol. The van der Waals surface area contributed by atoms with Gasteiger partial charge in [-0.05, 0) is 42.0 Å². The molecule has 2 aromatic rings. The molecule has 2 aliphatic heterocycles. The predicted octanol–water partition coefficient (Wildman–Crippen LogP) is 1.80. The Morgan fingerprint density at radius 2 is 2.08 bits per heavy atom. The molecule has 1 aromatic carbocycles. The molecule has 3 aliphatic rings. The SMILES string of the molecule is O=C(NC1CC2CN(c3ncccn3)CC21)c1cccc2c1CCOC2. The smallest absolute Gasteiger partial charge is 0.251 e. The summed E-state index contributed by atoms with van der Waals surface area (Å²) < 4.78 is 5.51. The molecule has 134 valence electrons. The van der Waals surface area contributed by atoms with E-state index in [-0.39, 0.29) is 11.9 Å². The number of hydrogen-bond acceptors (Lipinski definition) is 5. The Kier molecular flexibility index (Phi) is 3.85. The summed E-state index contributed by atoms with van der Waals surface area (Å²) in [7, 11) is 0. The number of benzene rings is 1. The Hall–Kier alpha value is -2.47. The number of amides is 1. The van der Waals surface area contributed by atoms with Crippen LogP contribution in [0.25, 0.3) is 0 Å². The van der Waals surface area contributed by atoms with Gasteiger partial charge < -0.3 is 15.0 Å². The molecule has 6 heteroatoms. The van der Waals surface area contributed by atoms with Gasteiger partial charge in [0.2, 0.25) is 5.95 Å². The zero-order valence-electron chi connectivity index (χ0n) is 14.6. The van der Waals surface area contributed by atoms with Gasteiger partial charge in [0.1, 0.15) is 0 Å². The summed E-state index contributed by atoms with van der Waals surface area (Å²) >= 11 is 0. The van der Waals surface area contributed by atoms with Gasteiger partial charge in [0, 0.05) is 43.0 Å². The van der Waals surface area contributed by atoms with Crippen molar-refractivity contribution >= 4 is 11.9 Å². The standard InChI is InChI=1S/C20H22N4O2/c25-19(16-4-1-3-13-12-26-8-5-15(13)16)23-18-9-14-10-24(11-17(14)18)20-21-6-2-7-22-20/h1-4,6-7,14,17-18H,5,8-12H2,(H,23,25). The van der Waals surface area contributed by atoms with Crippen LogP contribution in [-0.2, 0) is 17.8 Å². The molecule has 1 aliphatic carbocycles. The van der Waals surface area contributed by atoms with Crippen LogP contribution >= 0.6 is 0 Å². The quantitative estimate of drug-likeness (QED) is 0.914. The Labute approximate surface area is 152 Å². The molecule has 1 saturated heterocycles. The van der Waals surface area contributed by atoms with Crippen LogP contribution < -0.4 is 10.2 Å². The van der Waals surface area contributed by atoms with Crippen LogP contribution in [0, 0.1) is 11.8 Å². The second-order valence-corrected chi connectivity index (χ2v) is 7.44. The van der Waals surface area contributed by atoms with Crippen LogP contribution in [0.2, 0.25) is 0 Å². The van der Waals surface area contributed by atoms with Crippen molar-refractivity contribution < 1.29 is 9.53 Å². The van der Waals surface area contributed by atoms with Gasteiger partial charge in [-0.2, -0.15) is 0 Å². The van der Waals surface area contributed by atoms with E-state index < -0.39 is 0 Å². The lowest BCUT2D eigenvalue weighted by molar-refractivity contribution is 0.0825. The molecule has 1 aromatic heterocycles. The summed E-state index contributed by atoms with van der Waals surface area (Å²) in [5.41, 5.74) is 3.11. The molecule has 3 unspecified atom stereocenters. The van der Waals surface area contributed by atoms with Gasteiger partial charge in [0.05, 0.1) is 13.2 Å². The van der Waals surface area contributed by atoms with Crippen LogP contribution in [-0.4, -0.2) is 41.6 Å². The largest absolute Gasteiger partial charge is 0.376 e. The molecule has 3 atom stereocenters. The third-order valence-electron chi connectivity index (χ3n) is 5.99. The maximum atomic E-state index is 12.9. The average molecular weight is 350 g/mol. The van der Waals surface area contributed by atoms with Crippen LogP contribution in [0.1, 0.15) is 27.9 Å². The maximum absolute atomic E-state index is 12.9. The van der Waals surface area contributed by atoms with Crippen molar-refractivity contribution in [2.75, 3.05) is 24.6 Å². The third kappa shape index (κ3) is 2.65. The van der Waals surface area contributed by atoms with Crippen LogP contribution in [0.4, 0.5) is 5.95 Å². The van der Waals surface area contributed by atoms with Crippen molar-refractivity contribution in [3.05, 3.63) is 53.3 Å². The number of anilines is 1. The van der Waals surface area contributed by atoms with Gasteiger partial charge in [-0.25, -0.2) is 9.97 Å². The van der Waals surface area contributed by atoms with Gasteiger partial charge in [0.15, 0.2) is 0 Å². The van der Waals surface area contributed by atoms with E-state index in [9.17, 15) is 4.79 Å². The first kappa shape index (κ1) is 15.8. The maximum Gasteiger partial charge on any atom is 0.251 e. The van der Waals surface area contributed by atoms with Crippen molar-refractivity contribution in [1.82, 2.24) is 15.3 Å². The molecular weight excluding hydrogens is 328 g/mol. The molecule has 26 heavy (non-hydrogen) atoms. The highest BCUT2D eigenvalue weighted by atomic mass is 16.5. The first-order valence-electron chi connectivity index (χ1n) is 9.31. The van der Waals surface area contributed by atoms with Crippen LogP contribution in [0.3, 0.4) is 0 Å². The monoisotopic (exact) mass is 350 g/mol. The van der Waals surface area contributed by atoms with E-state index in [1.807, 2.05) is 18.2 Å². The minimum Gasteiger partial charge on any atom is -0.376 e. The number of hydrogen-bond donors (Lipinski definition) is 1. The van der Waals surface area contributed by atoms with Crippen molar-refractivity contribution in [2.45, 2.75) is 25.5 Å². The second-order valence-electron chi connectivity index (χ2n) is 7.44. The molecule has 1 N–H and O–H groups in total. The van der Waals surface area contributed by atoms with E-state index in [1.54, 1.807) is 12.4 Å². The number of nitrogens with zero attached hydrogens (tertiary/aromatic N) is 3. The third-order valence-corrected chi connectivity index (χ3v) is 5.99. The topological polar surface area (TPSA) is 67.4 Å². The number of carbonyl (C=O) groups excluding carboxylic acids is 1. The normalized spacial score (nSPS) is 26.6. The summed E-state index contributed by atoms with van der Waals surface area (Å²) in [5, 5.41) is 3.28. The number of fused-ring (bicyclic) bond motifs is 2. The summed E-state index contributed by atoms with van der Waals surface area (Å²) in [5.74, 6) is 1.97. The fourth-order valence-corrected chi connectivity index (χ4v) is 4.57. The Morgan fingerprint density at radius 3 is 2.96 bits per heavy atom. The molecule has 1 saturated carbocycles. The van der Waals surface area contributed by atoms with E-state index >= 15 is 0 Å². The fourth-order valence-electron chi connectivity index (χ4n) is 4.57. The van der Waals surface area contributed by atoms with Gasteiger partial charge in [-0.15, -0.1) is 0 Å². The molecule has 0 radical (unpaired) electrons. The molecule has 0 spiro atoms. The summed E-state index contributed by atoms with van der Waals surface area (Å²) in [6.07, 6.45) is 5.42. The lowest BCUT2D eigenvalue weighted by atomic mass is 9.71. The molecule has 3 heterocycles. The molecular formula is C20H22N4O2. The van der Waals surface area contributed by atoms with Gasteiger partial charge in [-0.1, -0.05) is 12.1 Å². The first-order chi connectivity index (χ1) is 12.8. The van der Waals surface area contributed by atoms with Gasteiger partial charge >= 0.3 is 0 Å². The van der Waals surface area contributed by atoms with Gasteiger partial charge in [0.25, 0.3) is 5.91 Å². The fraction of sp³-hybridized carbons (Fsp3) is 0.450. The van der Waals surface area contributed by atoms with Crippen molar-refractivity contribution in [2.24, 2.45) is 11.8 Å². The molecule has 5 rings (SSSR count). The zero-order chi connectivity index (χ0) is 17.5. The lowest BCUT2D eigenvalue weighted by Crippen LogP contribution is -2.52. The summed E-state index contributed by atoms with van der Waals surface area (Å²) in [6, 6.07) is 8.03. The highest BCUT2D eigenvalue weighted by Crippen LogP contribution is 2.42. The molecule has 0 bridgehead atoms. The Morgan fingerprint density at radius 1 is 1.19 bits per heavy atom. The second kappa shape index (κ2) is 6.36. The number of carbonyl (C=O) groups is 1. The molecule has 1 amide bonds. The number of nitrogens with one attached hydrogen (secondary N) is 1. The van der Waals surface area contributed by atoms with E-state index in [4.69, 9.17) is 4.74 Å². The van der Waals surface area contributed by atoms with E-state index in [2.05, 4.69) is 26.3 Å². The van der Waals surface area contributed by atoms with E-state index in [0.29, 0.717) is 25.0 Å². The van der Waals surface area contributed by atoms with Gasteiger partial charge in [-0.3, -0.25) is 4.79 Å². The molecule has 2 fully saturated rings. The van der Waals surface area contributed by atoms with Crippen LogP contribution in [0.5, 0.6) is 0 Å². The van der Waals surface area contributed by atoms with E-state index in [1.165, 1.54) is 0 Å². The minimum absolute atomic E-state index is 0.0570. The summed E-state index contributed by atoms with van der Waals surface area (Å²) in [6.45, 7) is 3.20. The average Bonchev–Trinajstić information content (AvgIpc) is 3.03. The Bertz CT molecular complexity index is 826. The summed E-state index contributed by atoms with van der Waals surface area (Å²) in [4.78, 5) is 23.8. The van der Waals surface area contributed by atoms with Crippen molar-refractivity contribution in [3.63, 3.8) is 0 Å². The zero-order valence-corrected chi connectivity index (χ0v) is 14.6. The highest BCUT2D eigenvalue weighted by molar-refractivity contribution is 5.96. The number of rotatable bonds is 3. The number of aromatic nitrogens is 2. The lowest BCUT2D eigenvalue weighted by Gasteiger charge is -2.39. The van der Waals surface area contributed by atoms with Crippen molar-refractivity contribution in [1.29, 1.82) is 0 Å². The Balaban J connectivity index is 1.27.